The van der Waals surface area contributed by atoms with E-state index in [0.29, 0.717) is 0 Å². The summed E-state index contributed by atoms with van der Waals surface area (Å²) in [5.41, 5.74) is 4.07. The molecule has 2 heteroatoms. The van der Waals surface area contributed by atoms with Crippen LogP contribution in [-0.4, -0.2) is 19.7 Å². The van der Waals surface area contributed by atoms with Crippen molar-refractivity contribution in [2.45, 2.75) is 18.9 Å². The maximum atomic E-state index is 5.77. The Balaban J connectivity index is 1.58. The molecule has 1 aliphatic heterocycles. The van der Waals surface area contributed by atoms with Gasteiger partial charge in [-0.2, -0.15) is 0 Å². The monoisotopic (exact) mass is 267 g/mol. The molecular weight excluding hydrogens is 246 g/mol. The van der Waals surface area contributed by atoms with Crippen molar-refractivity contribution in [1.29, 1.82) is 0 Å². The third-order valence-corrected chi connectivity index (χ3v) is 3.82. The molecular formula is C18H21NO. The first-order chi connectivity index (χ1) is 9.92. The average Bonchev–Trinajstić information content (AvgIpc) is 2.55. The number of ether oxygens (including phenoxy) is 1. The predicted molar refractivity (Wildman–Crippen MR) is 81.9 cm³/mol. The fourth-order valence-corrected chi connectivity index (χ4v) is 2.61. The van der Waals surface area contributed by atoms with Crippen molar-refractivity contribution in [3.63, 3.8) is 0 Å². The summed E-state index contributed by atoms with van der Waals surface area (Å²) >= 11 is 0. The summed E-state index contributed by atoms with van der Waals surface area (Å²) in [6.45, 7) is 2.69. The first-order valence-corrected chi connectivity index (χ1v) is 7.37. The van der Waals surface area contributed by atoms with Crippen LogP contribution in [0.15, 0.2) is 54.6 Å². The molecule has 0 spiro atoms. The molecule has 0 radical (unpaired) electrons. The average molecular weight is 267 g/mol. The van der Waals surface area contributed by atoms with Gasteiger partial charge < -0.3 is 10.1 Å². The highest BCUT2D eigenvalue weighted by Crippen LogP contribution is 2.19. The Morgan fingerprint density at radius 3 is 2.25 bits per heavy atom. The highest BCUT2D eigenvalue weighted by molar-refractivity contribution is 5.26. The zero-order valence-corrected chi connectivity index (χ0v) is 11.7. The van der Waals surface area contributed by atoms with Crippen LogP contribution in [0.25, 0.3) is 0 Å². The van der Waals surface area contributed by atoms with E-state index in [1.807, 2.05) is 0 Å². The molecule has 2 aromatic rings. The van der Waals surface area contributed by atoms with Crippen LogP contribution in [0, 0.1) is 0 Å². The zero-order chi connectivity index (χ0) is 13.6. The van der Waals surface area contributed by atoms with Gasteiger partial charge >= 0.3 is 0 Å². The van der Waals surface area contributed by atoms with Crippen LogP contribution in [0.1, 0.15) is 22.8 Å². The number of morpholine rings is 1. The number of aryl methyl sites for hydroxylation is 2. The highest BCUT2D eigenvalue weighted by Gasteiger charge is 2.14. The Kier molecular flexibility index (Phi) is 4.46. The molecule has 0 aromatic heterocycles. The molecule has 0 aliphatic carbocycles. The molecule has 1 aliphatic rings. The Morgan fingerprint density at radius 2 is 1.60 bits per heavy atom. The standard InChI is InChI=1S/C18H21NO/c1-2-4-15(5-3-1)6-7-16-8-10-17(11-9-16)18-14-19-12-13-20-18/h1-5,8-11,18-19H,6-7,12-14H2/t18-/m1/s1. The van der Waals surface area contributed by atoms with Gasteiger partial charge in [0, 0.05) is 13.1 Å². The second-order valence-electron chi connectivity index (χ2n) is 5.29. The molecule has 0 saturated carbocycles. The lowest BCUT2D eigenvalue weighted by Crippen LogP contribution is -2.33. The number of hydrogen-bond acceptors (Lipinski definition) is 2. The lowest BCUT2D eigenvalue weighted by molar-refractivity contribution is 0.0277. The van der Waals surface area contributed by atoms with E-state index < -0.39 is 0 Å². The lowest BCUT2D eigenvalue weighted by atomic mass is 10.0. The van der Waals surface area contributed by atoms with Gasteiger partial charge in [-0.1, -0.05) is 54.6 Å². The largest absolute Gasteiger partial charge is 0.371 e. The van der Waals surface area contributed by atoms with Gasteiger partial charge in [-0.15, -0.1) is 0 Å². The number of nitrogens with one attached hydrogen (secondary N) is 1. The minimum Gasteiger partial charge on any atom is -0.371 e. The van der Waals surface area contributed by atoms with Gasteiger partial charge in [-0.3, -0.25) is 0 Å². The Bertz CT molecular complexity index is 515. The Labute approximate surface area is 120 Å². The van der Waals surface area contributed by atoms with Crippen LogP contribution < -0.4 is 5.32 Å². The van der Waals surface area contributed by atoms with Gasteiger partial charge in [0.25, 0.3) is 0 Å². The summed E-state index contributed by atoms with van der Waals surface area (Å²) in [5, 5.41) is 3.37. The second-order valence-corrected chi connectivity index (χ2v) is 5.29. The minimum atomic E-state index is 0.215. The molecule has 0 amide bonds. The van der Waals surface area contributed by atoms with Gasteiger partial charge in [0.2, 0.25) is 0 Å². The van der Waals surface area contributed by atoms with E-state index in [1.165, 1.54) is 16.7 Å². The molecule has 2 nitrogen and oxygen atoms in total. The van der Waals surface area contributed by atoms with Crippen molar-refractivity contribution < 1.29 is 4.74 Å². The molecule has 3 rings (SSSR count). The van der Waals surface area contributed by atoms with Crippen LogP contribution >= 0.6 is 0 Å². The van der Waals surface area contributed by atoms with E-state index in [4.69, 9.17) is 4.74 Å². The summed E-state index contributed by atoms with van der Waals surface area (Å²) in [6, 6.07) is 19.5. The van der Waals surface area contributed by atoms with Gasteiger partial charge in [-0.05, 0) is 29.5 Å². The predicted octanol–water partition coefficient (Wildman–Crippen LogP) is 3.13. The third kappa shape index (κ3) is 3.47. The molecule has 1 N–H and O–H groups in total. The lowest BCUT2D eigenvalue weighted by Gasteiger charge is -2.24. The third-order valence-electron chi connectivity index (χ3n) is 3.82. The van der Waals surface area contributed by atoms with Crippen molar-refractivity contribution in [2.75, 3.05) is 19.7 Å². The zero-order valence-electron chi connectivity index (χ0n) is 11.7. The molecule has 20 heavy (non-hydrogen) atoms. The maximum Gasteiger partial charge on any atom is 0.0949 e. The van der Waals surface area contributed by atoms with Gasteiger partial charge in [0.05, 0.1) is 12.7 Å². The summed E-state index contributed by atoms with van der Waals surface area (Å²) in [4.78, 5) is 0. The molecule has 1 saturated heterocycles. The van der Waals surface area contributed by atoms with Crippen molar-refractivity contribution in [1.82, 2.24) is 5.32 Å². The van der Waals surface area contributed by atoms with Gasteiger partial charge in [-0.25, -0.2) is 0 Å². The van der Waals surface area contributed by atoms with Crippen LogP contribution in [-0.2, 0) is 17.6 Å². The quantitative estimate of drug-likeness (QED) is 0.919. The molecule has 0 unspecified atom stereocenters. The molecule has 1 atom stereocenters. The second kappa shape index (κ2) is 6.69. The van der Waals surface area contributed by atoms with Crippen LogP contribution in [0.4, 0.5) is 0 Å². The molecule has 1 fully saturated rings. The SMILES string of the molecule is c1ccc(CCc2ccc([C@H]3CNCCO3)cc2)cc1. The summed E-state index contributed by atoms with van der Waals surface area (Å²) in [7, 11) is 0. The first-order valence-electron chi connectivity index (χ1n) is 7.37. The van der Waals surface area contributed by atoms with Gasteiger partial charge in [0.1, 0.15) is 0 Å². The Morgan fingerprint density at radius 1 is 0.900 bits per heavy atom. The van der Waals surface area contributed by atoms with Crippen molar-refractivity contribution in [3.05, 3.63) is 71.3 Å². The topological polar surface area (TPSA) is 21.3 Å². The smallest absolute Gasteiger partial charge is 0.0949 e. The summed E-state index contributed by atoms with van der Waals surface area (Å²) in [5.74, 6) is 0. The van der Waals surface area contributed by atoms with E-state index in [2.05, 4.69) is 59.9 Å². The molecule has 1 heterocycles. The van der Waals surface area contributed by atoms with Crippen LogP contribution in [0.3, 0.4) is 0 Å². The summed E-state index contributed by atoms with van der Waals surface area (Å²) in [6.07, 6.45) is 2.40. The number of rotatable bonds is 4. The molecule has 104 valence electrons. The number of hydrogen-bond donors (Lipinski definition) is 1. The normalized spacial score (nSPS) is 18.9. The molecule has 0 bridgehead atoms. The van der Waals surface area contributed by atoms with E-state index in [1.54, 1.807) is 0 Å². The van der Waals surface area contributed by atoms with Crippen LogP contribution in [0.2, 0.25) is 0 Å². The fraction of sp³-hybridized carbons (Fsp3) is 0.333. The highest BCUT2D eigenvalue weighted by atomic mass is 16.5. The van der Waals surface area contributed by atoms with E-state index in [9.17, 15) is 0 Å². The number of benzene rings is 2. The van der Waals surface area contributed by atoms with Crippen molar-refractivity contribution >= 4 is 0 Å². The maximum absolute atomic E-state index is 5.77. The van der Waals surface area contributed by atoms with Crippen molar-refractivity contribution in [2.24, 2.45) is 0 Å². The van der Waals surface area contributed by atoms with E-state index >= 15 is 0 Å². The van der Waals surface area contributed by atoms with E-state index in [0.717, 1.165) is 32.5 Å². The fourth-order valence-electron chi connectivity index (χ4n) is 2.61. The first kappa shape index (κ1) is 13.3. The minimum absolute atomic E-state index is 0.215. The Hall–Kier alpha value is -1.64. The van der Waals surface area contributed by atoms with Gasteiger partial charge in [0.15, 0.2) is 0 Å². The van der Waals surface area contributed by atoms with Crippen LogP contribution in [0.5, 0.6) is 0 Å². The molecule has 2 aromatic carbocycles. The summed E-state index contributed by atoms with van der Waals surface area (Å²) < 4.78 is 5.77. The van der Waals surface area contributed by atoms with Crippen molar-refractivity contribution in [3.8, 4) is 0 Å². The van der Waals surface area contributed by atoms with E-state index in [-0.39, 0.29) is 6.10 Å².